The molecule has 132 heavy (non-hydrogen) atoms. The number of aryl methyl sites for hydroxylation is 2. The Bertz CT molecular complexity index is 6200. The van der Waals surface area contributed by atoms with E-state index < -0.39 is 0 Å². The van der Waals surface area contributed by atoms with E-state index in [0.29, 0.717) is 74.7 Å². The lowest BCUT2D eigenvalue weighted by Crippen LogP contribution is -2.44. The highest BCUT2D eigenvalue weighted by Gasteiger charge is 2.25. The summed E-state index contributed by atoms with van der Waals surface area (Å²) >= 11 is 0. The predicted molar refractivity (Wildman–Crippen MR) is 522 cm³/mol. The van der Waals surface area contributed by atoms with E-state index in [0.717, 1.165) is 141 Å². The summed E-state index contributed by atoms with van der Waals surface area (Å²) in [5.41, 5.74) is 12.7. The molecule has 0 bridgehead atoms. The molecule has 3 fully saturated rings. The number of pyridine rings is 4. The summed E-state index contributed by atoms with van der Waals surface area (Å²) in [6, 6.07) is 53.8. The fraction of sp³-hybridized carbons (Fsp3) is 0.327. The van der Waals surface area contributed by atoms with Crippen molar-refractivity contribution in [1.82, 2.24) is 75.8 Å². The highest BCUT2D eigenvalue weighted by Crippen LogP contribution is 2.31. The van der Waals surface area contributed by atoms with Gasteiger partial charge in [0.2, 0.25) is 5.95 Å². The molecule has 1 unspecified atom stereocenters. The number of nitrogens with one attached hydrogen (secondary N) is 11. The van der Waals surface area contributed by atoms with Gasteiger partial charge in [-0.2, -0.15) is 0 Å². The van der Waals surface area contributed by atoms with Gasteiger partial charge in [0.25, 0.3) is 45.9 Å². The molecule has 11 N–H and O–H groups in total. The molecule has 28 heteroatoms. The number of amides is 4. The van der Waals surface area contributed by atoms with Crippen molar-refractivity contribution in [3.63, 3.8) is 0 Å². The van der Waals surface area contributed by atoms with Crippen LogP contribution in [-0.4, -0.2) is 136 Å². The maximum absolute atomic E-state index is 12.8. The molecule has 3 saturated heterocycles. The first-order valence-corrected chi connectivity index (χ1v) is 45.0. The van der Waals surface area contributed by atoms with Gasteiger partial charge in [-0.3, -0.25) is 38.4 Å². The summed E-state index contributed by atoms with van der Waals surface area (Å²) in [6.07, 6.45) is 21.1. The first kappa shape index (κ1) is 95.4. The second-order valence-electron chi connectivity index (χ2n) is 37.5. The minimum Gasteiger partial charge on any atom is -0.338 e. The molecule has 4 amide bonds. The van der Waals surface area contributed by atoms with Gasteiger partial charge < -0.3 is 62.1 Å². The van der Waals surface area contributed by atoms with Crippen LogP contribution >= 0.6 is 0 Å². The number of piperazine rings is 1. The average Bonchev–Trinajstić information content (AvgIpc) is 0.790. The molecule has 28 nitrogen and oxygen atoms in total. The van der Waals surface area contributed by atoms with Crippen LogP contribution in [0.1, 0.15) is 195 Å². The van der Waals surface area contributed by atoms with Gasteiger partial charge >= 0.3 is 0 Å². The van der Waals surface area contributed by atoms with Gasteiger partial charge in [-0.25, -0.2) is 39.9 Å². The zero-order chi connectivity index (χ0) is 93.7. The summed E-state index contributed by atoms with van der Waals surface area (Å²) < 4.78 is 0. The van der Waals surface area contributed by atoms with Gasteiger partial charge in [-0.05, 0) is 217 Å². The summed E-state index contributed by atoms with van der Waals surface area (Å²) in [7, 11) is 0. The summed E-state index contributed by atoms with van der Waals surface area (Å²) in [6.45, 7) is 33.0. The first-order chi connectivity index (χ1) is 63.2. The van der Waals surface area contributed by atoms with Gasteiger partial charge in [0, 0.05) is 140 Å². The maximum atomic E-state index is 12.8. The van der Waals surface area contributed by atoms with Crippen molar-refractivity contribution in [1.29, 1.82) is 0 Å². The first-order valence-electron chi connectivity index (χ1n) is 45.0. The molecule has 3 aliphatic rings. The van der Waals surface area contributed by atoms with Crippen molar-refractivity contribution in [2.75, 3.05) is 78.5 Å². The van der Waals surface area contributed by atoms with Crippen LogP contribution in [0.2, 0.25) is 0 Å². The number of H-pyrrole nitrogens is 4. The van der Waals surface area contributed by atoms with Crippen molar-refractivity contribution in [3.8, 4) is 45.0 Å². The van der Waals surface area contributed by atoms with Crippen LogP contribution in [-0.2, 0) is 47.3 Å². The number of hydrogen-bond donors (Lipinski definition) is 11. The number of rotatable bonds is 20. The van der Waals surface area contributed by atoms with Gasteiger partial charge in [-0.1, -0.05) is 162 Å². The number of aromatic nitrogens is 12. The lowest BCUT2D eigenvalue weighted by atomic mass is 9.86. The zero-order valence-corrected chi connectivity index (χ0v) is 77.1. The van der Waals surface area contributed by atoms with E-state index in [1.165, 1.54) is 18.4 Å². The molecule has 8 aromatic heterocycles. The average molecular weight is 1780 g/mol. The lowest BCUT2D eigenvalue weighted by molar-refractivity contribution is 0.101. The molecule has 0 saturated carbocycles. The number of aromatic amines is 4. The third-order valence-corrected chi connectivity index (χ3v) is 23.3. The second kappa shape index (κ2) is 43.5. The molecular formula is C104H118N20O8. The van der Waals surface area contributed by atoms with Gasteiger partial charge in [0.15, 0.2) is 0 Å². The molecule has 5 aromatic carbocycles. The highest BCUT2D eigenvalue weighted by atomic mass is 16.2. The van der Waals surface area contributed by atoms with Crippen LogP contribution in [0, 0.1) is 11.8 Å². The van der Waals surface area contributed by atoms with Crippen molar-refractivity contribution >= 4 is 52.3 Å². The van der Waals surface area contributed by atoms with Crippen LogP contribution in [0.25, 0.3) is 45.0 Å². The van der Waals surface area contributed by atoms with Crippen molar-refractivity contribution < 1.29 is 19.2 Å². The Morgan fingerprint density at radius 3 is 1.02 bits per heavy atom. The molecule has 16 rings (SSSR count). The highest BCUT2D eigenvalue weighted by molar-refractivity contribution is 6.06. The van der Waals surface area contributed by atoms with Crippen molar-refractivity contribution in [3.05, 3.63) is 334 Å². The number of benzene rings is 5. The predicted octanol–water partition coefficient (Wildman–Crippen LogP) is 15.8. The number of carbonyl (C=O) groups excluding carboxylic acids is 4. The van der Waals surface area contributed by atoms with E-state index in [4.69, 9.17) is 9.97 Å². The summed E-state index contributed by atoms with van der Waals surface area (Å²) in [5, 5.41) is 21.0. The number of carbonyl (C=O) groups is 4. The third-order valence-electron chi connectivity index (χ3n) is 23.3. The molecule has 11 heterocycles. The molecule has 0 spiro atoms. The Labute approximate surface area is 769 Å². The smallest absolute Gasteiger partial charge is 0.271 e. The SMILES string of the molecule is CC(C)(C)c1ccc(C(=O)Nc2cc(-c3ccnc(CC4CCCNC4)n3)c[nH]c2=O)cc1.CC(C)(C)c1ccc(C(=O)Nc2cc(-c3ccnc(CC4CCNCC4)n3)c[nH]c2=O)cc1.CC(C)(C)c1ccc(C(=O)Nc2cc(-c3ccnc(CCc4ccccc4)n3)c[nH]c2=O)cc1.CC(C)(C)c1ccc(C(=O)Nc2cc(-c3ccnc(N4CCNCC4)n3)c[nH]c2=O)cc1. The third kappa shape index (κ3) is 26.8. The van der Waals surface area contributed by atoms with Crippen molar-refractivity contribution in [2.24, 2.45) is 11.8 Å². The van der Waals surface area contributed by atoms with E-state index in [1.807, 2.05) is 78.9 Å². The van der Waals surface area contributed by atoms with Crippen LogP contribution in [0.4, 0.5) is 28.7 Å². The molecule has 0 aliphatic carbocycles. The van der Waals surface area contributed by atoms with Gasteiger partial charge in [0.05, 0.1) is 22.8 Å². The largest absolute Gasteiger partial charge is 0.338 e. The van der Waals surface area contributed by atoms with Crippen LogP contribution in [0.3, 0.4) is 0 Å². The molecule has 0 radical (unpaired) electrons. The Balaban J connectivity index is 0.000000150. The quantitative estimate of drug-likeness (QED) is 0.0337. The Hall–Kier alpha value is -14.2. The minimum atomic E-state index is -0.373. The maximum Gasteiger partial charge on any atom is 0.271 e. The number of nitrogens with zero attached hydrogens (tertiary/aromatic N) is 9. The zero-order valence-electron chi connectivity index (χ0n) is 77.1. The number of piperidine rings is 2. The normalized spacial score (nSPS) is 14.2. The fourth-order valence-corrected chi connectivity index (χ4v) is 15.3. The van der Waals surface area contributed by atoms with E-state index >= 15 is 0 Å². The van der Waals surface area contributed by atoms with E-state index in [-0.39, 0.29) is 90.3 Å². The van der Waals surface area contributed by atoms with Crippen LogP contribution < -0.4 is 64.4 Å². The standard InChI is InChI=1S/C28H28N4O2.2C26H31N5O2.C24H28N6O2/c1-28(2,3)22-12-10-20(11-13-22)26(33)32-24-17-21(18-30-27(24)34)23-15-16-29-25(31-23)14-9-19-7-5-4-6-8-19;1-26(2,3)20-6-4-18(5-7-20)24(32)31-22-15-19(16-29-25(22)33)21-10-13-28-23(30-21)14-17-8-11-27-12-9-17;1-26(2,3)20-8-6-18(7-9-20)24(32)31-22-14-19(16-29-25(22)33)21-10-12-28-23(30-21)13-17-5-4-11-27-15-17;1-24(2,3)18-6-4-16(5-7-18)21(31)28-20-14-17(15-27-22(20)32)19-8-9-26-23(29-19)30-12-10-25-11-13-30/h4-8,10-13,15-18H,9,14H2,1-3H3,(H,30,34)(H,32,33);4-7,10,13,15-17,27H,8-9,11-12,14H2,1-3H3,(H,29,33)(H,31,32);6-10,12,14,16-17,27H,4-5,11,13,15H2,1-3H3,(H,29,33)(H,31,32);4-9,14-15,25H,10-13H2,1-3H3,(H,27,32)(H,28,31). The Morgan fingerprint density at radius 2 is 0.674 bits per heavy atom. The topological polar surface area (TPSA) is 390 Å². The molecule has 13 aromatic rings. The Morgan fingerprint density at radius 1 is 0.348 bits per heavy atom. The van der Waals surface area contributed by atoms with Crippen molar-refractivity contribution in [2.45, 2.75) is 156 Å². The monoisotopic (exact) mass is 1770 g/mol. The fourth-order valence-electron chi connectivity index (χ4n) is 15.3. The summed E-state index contributed by atoms with van der Waals surface area (Å²) in [4.78, 5) is 150. The van der Waals surface area contributed by atoms with Crippen LogP contribution in [0.5, 0.6) is 0 Å². The molecular weight excluding hydrogens is 1660 g/mol. The van der Waals surface area contributed by atoms with E-state index in [9.17, 15) is 38.4 Å². The molecule has 3 aliphatic heterocycles. The number of anilines is 5. The lowest BCUT2D eigenvalue weighted by Gasteiger charge is -2.27. The van der Waals surface area contributed by atoms with E-state index in [1.54, 1.807) is 135 Å². The molecule has 682 valence electrons. The van der Waals surface area contributed by atoms with Gasteiger partial charge in [0.1, 0.15) is 40.2 Å². The minimum absolute atomic E-state index is 0.00158. The van der Waals surface area contributed by atoms with Crippen LogP contribution in [0.15, 0.2) is 245 Å². The summed E-state index contributed by atoms with van der Waals surface area (Å²) in [5.74, 6) is 2.75. The Kier molecular flexibility index (Phi) is 31.4. The second-order valence-corrected chi connectivity index (χ2v) is 37.5. The van der Waals surface area contributed by atoms with E-state index in [2.05, 4.69) is 187 Å². The number of hydrogen-bond acceptors (Lipinski definition) is 20. The molecule has 1 atom stereocenters. The van der Waals surface area contributed by atoms with Gasteiger partial charge in [-0.15, -0.1) is 0 Å².